The predicted molar refractivity (Wildman–Crippen MR) is 105 cm³/mol. The van der Waals surface area contributed by atoms with Gasteiger partial charge in [-0.2, -0.15) is 10.1 Å². The monoisotopic (exact) mass is 395 g/mol. The molecule has 1 atom stereocenters. The van der Waals surface area contributed by atoms with E-state index in [9.17, 15) is 4.79 Å². The van der Waals surface area contributed by atoms with Crippen LogP contribution in [0.25, 0.3) is 10.9 Å². The van der Waals surface area contributed by atoms with E-state index in [1.54, 1.807) is 4.68 Å². The van der Waals surface area contributed by atoms with Crippen molar-refractivity contribution in [1.29, 1.82) is 0 Å². The molecule has 152 valence electrons. The average Bonchev–Trinajstić information content (AvgIpc) is 3.13. The third-order valence-electron chi connectivity index (χ3n) is 5.76. The van der Waals surface area contributed by atoms with Crippen molar-refractivity contribution in [3.8, 4) is 0 Å². The van der Waals surface area contributed by atoms with E-state index in [0.717, 1.165) is 36.3 Å². The molecule has 0 bridgehead atoms. The summed E-state index contributed by atoms with van der Waals surface area (Å²) < 4.78 is 12.9. The second-order valence-corrected chi connectivity index (χ2v) is 7.96. The summed E-state index contributed by atoms with van der Waals surface area (Å²) in [4.78, 5) is 19.6. The van der Waals surface area contributed by atoms with Gasteiger partial charge in [-0.05, 0) is 37.7 Å². The maximum Gasteiger partial charge on any atom is 0.275 e. The SMILES string of the molecule is Cn1nc(C(=O)N2CCCC2c2nc(CCOCC3CC3)no2)c2ccccc21. The second-order valence-electron chi connectivity index (χ2n) is 7.96. The van der Waals surface area contributed by atoms with Gasteiger partial charge in [0.2, 0.25) is 5.89 Å². The molecule has 2 aromatic heterocycles. The van der Waals surface area contributed by atoms with Crippen molar-refractivity contribution in [2.24, 2.45) is 13.0 Å². The first kappa shape index (κ1) is 18.3. The molecule has 1 amide bonds. The molecule has 8 heteroatoms. The van der Waals surface area contributed by atoms with Crippen LogP contribution >= 0.6 is 0 Å². The second kappa shape index (κ2) is 7.59. The number of amides is 1. The summed E-state index contributed by atoms with van der Waals surface area (Å²) in [6, 6.07) is 7.59. The van der Waals surface area contributed by atoms with Crippen molar-refractivity contribution in [2.45, 2.75) is 38.1 Å². The first-order valence-electron chi connectivity index (χ1n) is 10.3. The Kier molecular flexibility index (Phi) is 4.79. The Morgan fingerprint density at radius 3 is 3.00 bits per heavy atom. The Balaban J connectivity index is 1.30. The van der Waals surface area contributed by atoms with Gasteiger partial charge < -0.3 is 14.2 Å². The number of ether oxygens (including phenoxy) is 1. The van der Waals surface area contributed by atoms with Crippen LogP contribution < -0.4 is 0 Å². The standard InChI is InChI=1S/C21H25N5O3/c1-25-16-6-3-2-5-15(16)19(23-25)21(27)26-11-4-7-17(26)20-22-18(24-29-20)10-12-28-13-14-8-9-14/h2-3,5-6,14,17H,4,7-13H2,1H3. The molecular formula is C21H25N5O3. The summed E-state index contributed by atoms with van der Waals surface area (Å²) in [6.45, 7) is 2.09. The molecule has 29 heavy (non-hydrogen) atoms. The van der Waals surface area contributed by atoms with Crippen molar-refractivity contribution in [3.05, 3.63) is 41.7 Å². The first-order valence-corrected chi connectivity index (χ1v) is 10.3. The van der Waals surface area contributed by atoms with Crippen LogP contribution in [0.1, 0.15) is 53.9 Å². The van der Waals surface area contributed by atoms with Gasteiger partial charge in [0.25, 0.3) is 5.91 Å². The normalized spacial score (nSPS) is 19.3. The number of nitrogens with zero attached hydrogens (tertiary/aromatic N) is 5. The van der Waals surface area contributed by atoms with Crippen LogP contribution in [-0.2, 0) is 18.2 Å². The van der Waals surface area contributed by atoms with Crippen molar-refractivity contribution in [3.63, 3.8) is 0 Å². The zero-order chi connectivity index (χ0) is 19.8. The van der Waals surface area contributed by atoms with Gasteiger partial charge in [0.1, 0.15) is 6.04 Å². The van der Waals surface area contributed by atoms with E-state index in [0.29, 0.717) is 37.0 Å². The fraction of sp³-hybridized carbons (Fsp3) is 0.524. The van der Waals surface area contributed by atoms with E-state index in [-0.39, 0.29) is 11.9 Å². The highest BCUT2D eigenvalue weighted by molar-refractivity contribution is 6.05. The molecule has 0 N–H and O–H groups in total. The maximum absolute atomic E-state index is 13.3. The number of rotatable bonds is 7. The van der Waals surface area contributed by atoms with Crippen LogP contribution in [0.3, 0.4) is 0 Å². The lowest BCUT2D eigenvalue weighted by Gasteiger charge is -2.20. The lowest BCUT2D eigenvalue weighted by atomic mass is 10.1. The lowest BCUT2D eigenvalue weighted by molar-refractivity contribution is 0.0705. The highest BCUT2D eigenvalue weighted by Gasteiger charge is 2.36. The van der Waals surface area contributed by atoms with Crippen LogP contribution in [0.2, 0.25) is 0 Å². The van der Waals surface area contributed by atoms with Gasteiger partial charge in [-0.25, -0.2) is 0 Å². The van der Waals surface area contributed by atoms with Crippen LogP contribution in [-0.4, -0.2) is 50.5 Å². The molecule has 0 spiro atoms. The molecular weight excluding hydrogens is 370 g/mol. The van der Waals surface area contributed by atoms with Gasteiger partial charge in [0.05, 0.1) is 12.1 Å². The molecule has 3 aromatic rings. The minimum Gasteiger partial charge on any atom is -0.381 e. The molecule has 8 nitrogen and oxygen atoms in total. The van der Waals surface area contributed by atoms with Gasteiger partial charge in [-0.1, -0.05) is 23.4 Å². The Morgan fingerprint density at radius 1 is 1.28 bits per heavy atom. The number of aryl methyl sites for hydroxylation is 1. The number of benzene rings is 1. The molecule has 1 aliphatic heterocycles. The van der Waals surface area contributed by atoms with Crippen LogP contribution in [0.5, 0.6) is 0 Å². The topological polar surface area (TPSA) is 86.3 Å². The minimum absolute atomic E-state index is 0.0863. The Bertz CT molecular complexity index is 1020. The predicted octanol–water partition coefficient (Wildman–Crippen LogP) is 2.90. The molecule has 1 saturated heterocycles. The van der Waals surface area contributed by atoms with E-state index in [4.69, 9.17) is 9.26 Å². The molecule has 1 aliphatic carbocycles. The highest BCUT2D eigenvalue weighted by Crippen LogP contribution is 2.33. The van der Waals surface area contributed by atoms with E-state index < -0.39 is 0 Å². The van der Waals surface area contributed by atoms with Crippen molar-refractivity contribution >= 4 is 16.8 Å². The summed E-state index contributed by atoms with van der Waals surface area (Å²) in [7, 11) is 1.86. The first-order chi connectivity index (χ1) is 14.2. The number of carbonyl (C=O) groups excluding carboxylic acids is 1. The third kappa shape index (κ3) is 3.64. The van der Waals surface area contributed by atoms with Crippen LogP contribution in [0.15, 0.2) is 28.8 Å². The number of likely N-dealkylation sites (tertiary alicyclic amines) is 1. The van der Waals surface area contributed by atoms with Gasteiger partial charge in [0, 0.05) is 32.0 Å². The molecule has 5 rings (SSSR count). The average molecular weight is 395 g/mol. The summed E-state index contributed by atoms with van der Waals surface area (Å²) in [5.74, 6) is 1.81. The fourth-order valence-electron chi connectivity index (χ4n) is 3.98. The summed E-state index contributed by atoms with van der Waals surface area (Å²) >= 11 is 0. The van der Waals surface area contributed by atoms with E-state index >= 15 is 0 Å². The minimum atomic E-state index is -0.197. The zero-order valence-electron chi connectivity index (χ0n) is 16.6. The summed E-state index contributed by atoms with van der Waals surface area (Å²) in [5.41, 5.74) is 1.42. The number of hydrogen-bond acceptors (Lipinski definition) is 6. The molecule has 0 radical (unpaired) electrons. The number of carbonyl (C=O) groups is 1. The Labute approximate surface area is 168 Å². The third-order valence-corrected chi connectivity index (χ3v) is 5.76. The lowest BCUT2D eigenvalue weighted by Crippen LogP contribution is -2.31. The van der Waals surface area contributed by atoms with Gasteiger partial charge in [-0.15, -0.1) is 0 Å². The highest BCUT2D eigenvalue weighted by atomic mass is 16.5. The Morgan fingerprint density at radius 2 is 2.14 bits per heavy atom. The largest absolute Gasteiger partial charge is 0.381 e. The molecule has 1 unspecified atom stereocenters. The number of para-hydroxylation sites is 1. The van der Waals surface area contributed by atoms with Crippen molar-refractivity contribution < 1.29 is 14.1 Å². The molecule has 3 heterocycles. The molecule has 1 aromatic carbocycles. The van der Waals surface area contributed by atoms with E-state index in [1.165, 1.54) is 12.8 Å². The number of fused-ring (bicyclic) bond motifs is 1. The van der Waals surface area contributed by atoms with Gasteiger partial charge in [-0.3, -0.25) is 9.48 Å². The molecule has 2 fully saturated rings. The molecule has 1 saturated carbocycles. The number of aromatic nitrogens is 4. The van der Waals surface area contributed by atoms with E-state index in [1.807, 2.05) is 36.2 Å². The number of hydrogen-bond donors (Lipinski definition) is 0. The quantitative estimate of drug-likeness (QED) is 0.572. The van der Waals surface area contributed by atoms with Gasteiger partial charge >= 0.3 is 0 Å². The van der Waals surface area contributed by atoms with Crippen LogP contribution in [0.4, 0.5) is 0 Å². The van der Waals surface area contributed by atoms with Crippen molar-refractivity contribution in [1.82, 2.24) is 24.8 Å². The zero-order valence-corrected chi connectivity index (χ0v) is 16.6. The van der Waals surface area contributed by atoms with Gasteiger partial charge in [0.15, 0.2) is 11.5 Å². The maximum atomic E-state index is 13.3. The smallest absolute Gasteiger partial charge is 0.275 e. The summed E-state index contributed by atoms with van der Waals surface area (Å²) in [5, 5.41) is 9.43. The van der Waals surface area contributed by atoms with E-state index in [2.05, 4.69) is 15.2 Å². The fourth-order valence-corrected chi connectivity index (χ4v) is 3.98. The van der Waals surface area contributed by atoms with Crippen LogP contribution in [0, 0.1) is 5.92 Å². The molecule has 2 aliphatic rings. The van der Waals surface area contributed by atoms with Crippen molar-refractivity contribution in [2.75, 3.05) is 19.8 Å². The Hall–Kier alpha value is -2.74. The summed E-state index contributed by atoms with van der Waals surface area (Å²) in [6.07, 6.45) is 4.91.